The highest BCUT2D eigenvalue weighted by atomic mass is 35.5. The van der Waals surface area contributed by atoms with Crippen molar-refractivity contribution >= 4 is 28.6 Å². The van der Waals surface area contributed by atoms with E-state index in [1.807, 2.05) is 32.0 Å². The van der Waals surface area contributed by atoms with Crippen LogP contribution in [0.2, 0.25) is 0 Å². The molecule has 86 valence electrons. The minimum atomic E-state index is -0.655. The van der Waals surface area contributed by atoms with Crippen molar-refractivity contribution in [3.8, 4) is 0 Å². The Morgan fingerprint density at radius 2 is 2.31 bits per heavy atom. The topological polar surface area (TPSA) is 50.7 Å². The summed E-state index contributed by atoms with van der Waals surface area (Å²) in [5.41, 5.74) is 1.71. The van der Waals surface area contributed by atoms with Crippen LogP contribution >= 0.6 is 11.6 Å². The maximum atomic E-state index is 11.2. The van der Waals surface area contributed by atoms with Crippen molar-refractivity contribution in [3.05, 3.63) is 29.8 Å². The molecule has 1 N–H and O–H groups in total. The summed E-state index contributed by atoms with van der Waals surface area (Å²) in [6, 6.07) is 7.36. The van der Waals surface area contributed by atoms with Gasteiger partial charge in [0.15, 0.2) is 0 Å². The Morgan fingerprint density at radius 1 is 1.56 bits per heavy atom. The molecule has 0 spiro atoms. The molecular weight excluding hydrogens is 228 g/mol. The van der Waals surface area contributed by atoms with Gasteiger partial charge in [-0.25, -0.2) is 4.79 Å². The summed E-state index contributed by atoms with van der Waals surface area (Å²) in [7, 11) is 0. The summed E-state index contributed by atoms with van der Waals surface area (Å²) in [6.45, 7) is 3.75. The van der Waals surface area contributed by atoms with Gasteiger partial charge >= 0.3 is 6.09 Å². The first-order chi connectivity index (χ1) is 7.61. The number of nitrogens with one attached hydrogen (secondary N) is 1. The van der Waals surface area contributed by atoms with Crippen molar-refractivity contribution in [3.63, 3.8) is 0 Å². The lowest BCUT2D eigenvalue weighted by molar-refractivity contribution is 0.166. The second-order valence-electron chi connectivity index (χ2n) is 3.19. The fourth-order valence-corrected chi connectivity index (χ4v) is 1.05. The molecule has 1 aromatic rings. The number of amides is 1. The van der Waals surface area contributed by atoms with Crippen molar-refractivity contribution in [2.24, 2.45) is 5.16 Å². The molecule has 1 aromatic carbocycles. The number of halogens is 1. The summed E-state index contributed by atoms with van der Waals surface area (Å²) in [4.78, 5) is 15.8. The molecule has 1 rings (SSSR count). The lowest BCUT2D eigenvalue weighted by atomic mass is 10.2. The van der Waals surface area contributed by atoms with Crippen LogP contribution < -0.4 is 5.32 Å². The van der Waals surface area contributed by atoms with Gasteiger partial charge in [0.1, 0.15) is 5.17 Å². The minimum Gasteiger partial charge on any atom is -0.297 e. The van der Waals surface area contributed by atoms with Crippen LogP contribution in [0.3, 0.4) is 0 Å². The van der Waals surface area contributed by atoms with Crippen molar-refractivity contribution in [1.82, 2.24) is 0 Å². The number of oxime groups is 1. The van der Waals surface area contributed by atoms with Crippen molar-refractivity contribution in [2.75, 3.05) is 5.32 Å². The Labute approximate surface area is 99.2 Å². The van der Waals surface area contributed by atoms with Crippen LogP contribution in [0.5, 0.6) is 0 Å². The molecule has 0 bridgehead atoms. The van der Waals surface area contributed by atoms with Crippen LogP contribution in [0.15, 0.2) is 29.4 Å². The Hall–Kier alpha value is -1.55. The van der Waals surface area contributed by atoms with Crippen molar-refractivity contribution in [1.29, 1.82) is 0 Å². The van der Waals surface area contributed by atoms with Gasteiger partial charge in [-0.15, -0.1) is 0 Å². The van der Waals surface area contributed by atoms with Crippen LogP contribution in [-0.2, 0) is 4.84 Å². The zero-order valence-electron chi connectivity index (χ0n) is 9.16. The predicted octanol–water partition coefficient (Wildman–Crippen LogP) is 3.51. The van der Waals surface area contributed by atoms with E-state index in [2.05, 4.69) is 15.3 Å². The number of rotatable bonds is 3. The summed E-state index contributed by atoms with van der Waals surface area (Å²) in [6.07, 6.45) is -0.128. The fraction of sp³-hybridized carbons (Fsp3) is 0.273. The third kappa shape index (κ3) is 4.31. The number of hydrogen-bond acceptors (Lipinski definition) is 3. The standard InChI is InChI=1S/C11H13ClN2O2/c1-3-10(12)14-16-11(15)13-9-6-4-5-8(2)7-9/h4-7H,3H2,1-2H3,(H,13,15)/b14-10+. The zero-order valence-corrected chi connectivity index (χ0v) is 9.91. The van der Waals surface area contributed by atoms with Crippen LogP contribution in [0, 0.1) is 6.92 Å². The average Bonchev–Trinajstić information content (AvgIpc) is 2.26. The number of nitrogens with zero attached hydrogens (tertiary/aromatic N) is 1. The smallest absolute Gasteiger partial charge is 0.297 e. The van der Waals surface area contributed by atoms with Gasteiger partial charge < -0.3 is 0 Å². The average molecular weight is 241 g/mol. The Bertz CT molecular complexity index is 405. The lowest BCUT2D eigenvalue weighted by Gasteiger charge is -2.03. The first-order valence-corrected chi connectivity index (χ1v) is 5.26. The van der Waals surface area contributed by atoms with Crippen molar-refractivity contribution in [2.45, 2.75) is 20.3 Å². The first kappa shape index (κ1) is 12.5. The van der Waals surface area contributed by atoms with Gasteiger partial charge in [0, 0.05) is 12.1 Å². The van der Waals surface area contributed by atoms with E-state index in [4.69, 9.17) is 11.6 Å². The van der Waals surface area contributed by atoms with E-state index in [0.717, 1.165) is 5.56 Å². The van der Waals surface area contributed by atoms with Crippen LogP contribution in [0.1, 0.15) is 18.9 Å². The molecule has 0 aliphatic rings. The van der Waals surface area contributed by atoms with E-state index < -0.39 is 6.09 Å². The number of hydrogen-bond donors (Lipinski definition) is 1. The molecule has 16 heavy (non-hydrogen) atoms. The molecule has 4 nitrogen and oxygen atoms in total. The molecule has 0 aliphatic carbocycles. The van der Waals surface area contributed by atoms with Gasteiger partial charge in [-0.2, -0.15) is 0 Å². The number of anilines is 1. The third-order valence-corrected chi connectivity index (χ3v) is 2.12. The summed E-state index contributed by atoms with van der Waals surface area (Å²) in [5, 5.41) is 6.22. The molecule has 0 heterocycles. The van der Waals surface area contributed by atoms with Crippen molar-refractivity contribution < 1.29 is 9.63 Å². The highest BCUT2D eigenvalue weighted by Crippen LogP contribution is 2.09. The third-order valence-electron chi connectivity index (χ3n) is 1.78. The fourth-order valence-electron chi connectivity index (χ4n) is 1.02. The number of carbonyl (C=O) groups excluding carboxylic acids is 1. The van der Waals surface area contributed by atoms with E-state index >= 15 is 0 Å². The van der Waals surface area contributed by atoms with Gasteiger partial charge in [-0.3, -0.25) is 10.2 Å². The van der Waals surface area contributed by atoms with E-state index in [9.17, 15) is 4.79 Å². The monoisotopic (exact) mass is 240 g/mol. The van der Waals surface area contributed by atoms with Gasteiger partial charge in [-0.1, -0.05) is 35.8 Å². The molecular formula is C11H13ClN2O2. The second-order valence-corrected chi connectivity index (χ2v) is 3.63. The van der Waals surface area contributed by atoms with E-state index in [1.54, 1.807) is 6.07 Å². The Kier molecular flexibility index (Phi) is 4.79. The summed E-state index contributed by atoms with van der Waals surface area (Å²) < 4.78 is 0. The van der Waals surface area contributed by atoms with E-state index in [1.165, 1.54) is 0 Å². The minimum absolute atomic E-state index is 0.249. The highest BCUT2D eigenvalue weighted by molar-refractivity contribution is 6.65. The maximum absolute atomic E-state index is 11.2. The largest absolute Gasteiger partial charge is 0.437 e. The Morgan fingerprint density at radius 3 is 2.94 bits per heavy atom. The molecule has 0 fully saturated rings. The quantitative estimate of drug-likeness (QED) is 0.499. The molecule has 0 radical (unpaired) electrons. The molecule has 0 unspecified atom stereocenters. The second kappa shape index (κ2) is 6.12. The molecule has 5 heteroatoms. The highest BCUT2D eigenvalue weighted by Gasteiger charge is 2.03. The van der Waals surface area contributed by atoms with Crippen LogP contribution in [0.4, 0.5) is 10.5 Å². The maximum Gasteiger partial charge on any atom is 0.437 e. The molecule has 1 amide bonds. The number of benzene rings is 1. The summed E-state index contributed by atoms with van der Waals surface area (Å²) >= 11 is 5.58. The van der Waals surface area contributed by atoms with E-state index in [0.29, 0.717) is 12.1 Å². The molecule has 0 aromatic heterocycles. The molecule has 0 atom stereocenters. The normalized spacial score (nSPS) is 11.1. The lowest BCUT2D eigenvalue weighted by Crippen LogP contribution is -2.11. The zero-order chi connectivity index (χ0) is 12.0. The first-order valence-electron chi connectivity index (χ1n) is 4.89. The molecule has 0 aliphatic heterocycles. The Balaban J connectivity index is 2.52. The van der Waals surface area contributed by atoms with Gasteiger partial charge in [0.25, 0.3) is 0 Å². The van der Waals surface area contributed by atoms with Crippen LogP contribution in [0.25, 0.3) is 0 Å². The van der Waals surface area contributed by atoms with Gasteiger partial charge in [0.2, 0.25) is 0 Å². The predicted molar refractivity (Wildman–Crippen MR) is 64.9 cm³/mol. The number of carbonyl (C=O) groups is 1. The SMILES string of the molecule is CC/C(Cl)=N\OC(=O)Nc1cccc(C)c1. The molecule has 0 saturated heterocycles. The molecule has 0 saturated carbocycles. The summed E-state index contributed by atoms with van der Waals surface area (Å²) in [5.74, 6) is 0. The number of aryl methyl sites for hydroxylation is 1. The van der Waals surface area contributed by atoms with Crippen LogP contribution in [-0.4, -0.2) is 11.3 Å². The van der Waals surface area contributed by atoms with E-state index in [-0.39, 0.29) is 5.17 Å². The van der Waals surface area contributed by atoms with Gasteiger partial charge in [-0.05, 0) is 24.6 Å². The van der Waals surface area contributed by atoms with Gasteiger partial charge in [0.05, 0.1) is 0 Å².